The van der Waals surface area contributed by atoms with E-state index in [-0.39, 0.29) is 12.4 Å². The summed E-state index contributed by atoms with van der Waals surface area (Å²) in [6.45, 7) is 0. The molecule has 1 aromatic rings. The Balaban J connectivity index is 0.00000169. The van der Waals surface area contributed by atoms with Gasteiger partial charge in [-0.1, -0.05) is 17.7 Å². The highest BCUT2D eigenvalue weighted by Crippen LogP contribution is 2.27. The van der Waals surface area contributed by atoms with Gasteiger partial charge in [-0.25, -0.2) is 8.78 Å². The van der Waals surface area contributed by atoms with E-state index in [1.807, 2.05) is 0 Å². The van der Waals surface area contributed by atoms with Gasteiger partial charge in [0.25, 0.3) is 6.43 Å². The maximum absolute atomic E-state index is 12.2. The van der Waals surface area contributed by atoms with Crippen LogP contribution in [0.2, 0.25) is 5.02 Å². The summed E-state index contributed by atoms with van der Waals surface area (Å²) < 4.78 is 24.9. The fourth-order valence-corrected chi connectivity index (χ4v) is 1.38. The van der Waals surface area contributed by atoms with Crippen LogP contribution in [0, 0.1) is 0 Å². The van der Waals surface area contributed by atoms with Crippen molar-refractivity contribution >= 4 is 39.9 Å². The van der Waals surface area contributed by atoms with Crippen molar-refractivity contribution < 1.29 is 8.78 Å². The summed E-state index contributed by atoms with van der Waals surface area (Å²) in [6.07, 6.45) is -2.56. The van der Waals surface area contributed by atoms with Crippen molar-refractivity contribution in [3.63, 3.8) is 0 Å². The molecule has 0 fully saturated rings. The van der Waals surface area contributed by atoms with E-state index in [4.69, 9.17) is 17.3 Å². The smallest absolute Gasteiger partial charge is 0.257 e. The minimum Gasteiger partial charge on any atom is -0.319 e. The third-order valence-electron chi connectivity index (χ3n) is 1.60. The first-order valence-electron chi connectivity index (χ1n) is 3.51. The maximum atomic E-state index is 12.2. The molecule has 14 heavy (non-hydrogen) atoms. The minimum absolute atomic E-state index is 0. The van der Waals surface area contributed by atoms with E-state index >= 15 is 0 Å². The number of benzene rings is 1. The first kappa shape index (κ1) is 14.1. The van der Waals surface area contributed by atoms with Crippen molar-refractivity contribution in [2.24, 2.45) is 5.73 Å². The van der Waals surface area contributed by atoms with Gasteiger partial charge in [-0.05, 0) is 33.6 Å². The fourth-order valence-electron chi connectivity index (χ4n) is 0.865. The van der Waals surface area contributed by atoms with Gasteiger partial charge in [0.1, 0.15) is 0 Å². The Hall–Kier alpha value is 0.1000. The van der Waals surface area contributed by atoms with Gasteiger partial charge in [0, 0.05) is 4.47 Å². The van der Waals surface area contributed by atoms with Crippen LogP contribution in [0.5, 0.6) is 0 Å². The molecule has 0 spiro atoms. The van der Waals surface area contributed by atoms with E-state index in [9.17, 15) is 8.78 Å². The van der Waals surface area contributed by atoms with E-state index in [1.54, 1.807) is 0 Å². The lowest BCUT2D eigenvalue weighted by atomic mass is 10.1. The Bertz CT molecular complexity index is 309. The molecule has 1 atom stereocenters. The van der Waals surface area contributed by atoms with Crippen LogP contribution in [-0.4, -0.2) is 6.43 Å². The molecule has 0 saturated carbocycles. The second-order valence-electron chi connectivity index (χ2n) is 2.53. The van der Waals surface area contributed by atoms with E-state index in [2.05, 4.69) is 15.9 Å². The third kappa shape index (κ3) is 3.35. The molecule has 2 N–H and O–H groups in total. The highest BCUT2D eigenvalue weighted by atomic mass is 79.9. The summed E-state index contributed by atoms with van der Waals surface area (Å²) in [5.41, 5.74) is 5.61. The lowest BCUT2D eigenvalue weighted by molar-refractivity contribution is 0.116. The van der Waals surface area contributed by atoms with Crippen LogP contribution in [0.1, 0.15) is 11.6 Å². The quantitative estimate of drug-likeness (QED) is 0.884. The Kier molecular flexibility index (Phi) is 5.90. The van der Waals surface area contributed by atoms with Gasteiger partial charge < -0.3 is 5.73 Å². The summed E-state index contributed by atoms with van der Waals surface area (Å²) in [5.74, 6) is 0. The van der Waals surface area contributed by atoms with Gasteiger partial charge in [0.15, 0.2) is 0 Å². The second kappa shape index (κ2) is 5.85. The molecular formula is C8H8BrCl2F2N. The fraction of sp³-hybridized carbons (Fsp3) is 0.250. The Morgan fingerprint density at radius 2 is 1.93 bits per heavy atom. The average molecular weight is 307 g/mol. The molecule has 0 aliphatic carbocycles. The lowest BCUT2D eigenvalue weighted by Crippen LogP contribution is -2.18. The Labute approximate surface area is 100 Å². The molecule has 80 valence electrons. The Morgan fingerprint density at radius 3 is 2.36 bits per heavy atom. The molecule has 0 bridgehead atoms. The largest absolute Gasteiger partial charge is 0.319 e. The standard InChI is InChI=1S/C8H7BrClF2N.ClH/c9-5-3-4(1-2-6(5)10)7(13)8(11)12;/h1-3,7-8H,13H2;1H/t7-;/m0./s1. The van der Waals surface area contributed by atoms with Crippen LogP contribution in [-0.2, 0) is 0 Å². The lowest BCUT2D eigenvalue weighted by Gasteiger charge is -2.11. The van der Waals surface area contributed by atoms with Crippen LogP contribution >= 0.6 is 39.9 Å². The molecule has 0 unspecified atom stereocenters. The van der Waals surface area contributed by atoms with Gasteiger partial charge in [-0.2, -0.15) is 0 Å². The zero-order valence-electron chi connectivity index (χ0n) is 6.88. The van der Waals surface area contributed by atoms with Crippen molar-refractivity contribution in [1.82, 2.24) is 0 Å². The zero-order chi connectivity index (χ0) is 10.0. The molecule has 1 nitrogen and oxygen atoms in total. The van der Waals surface area contributed by atoms with E-state index in [0.29, 0.717) is 15.1 Å². The molecular weight excluding hydrogens is 299 g/mol. The molecule has 0 aliphatic heterocycles. The SMILES string of the molecule is Cl.N[C@@H](c1ccc(Cl)c(Br)c1)C(F)F. The average Bonchev–Trinajstić information content (AvgIpc) is 2.08. The molecule has 0 radical (unpaired) electrons. The molecule has 0 aromatic heterocycles. The predicted molar refractivity (Wildman–Crippen MR) is 59.3 cm³/mol. The predicted octanol–water partition coefficient (Wildman–Crippen LogP) is 3.79. The number of nitrogens with two attached hydrogens (primary N) is 1. The van der Waals surface area contributed by atoms with Crippen molar-refractivity contribution in [2.45, 2.75) is 12.5 Å². The van der Waals surface area contributed by atoms with Crippen LogP contribution in [0.25, 0.3) is 0 Å². The molecule has 1 rings (SSSR count). The van der Waals surface area contributed by atoms with Crippen molar-refractivity contribution in [2.75, 3.05) is 0 Å². The molecule has 1 aromatic carbocycles. The first-order valence-corrected chi connectivity index (χ1v) is 4.68. The second-order valence-corrected chi connectivity index (χ2v) is 3.80. The highest BCUT2D eigenvalue weighted by molar-refractivity contribution is 9.10. The number of rotatable bonds is 2. The molecule has 0 saturated heterocycles. The third-order valence-corrected chi connectivity index (χ3v) is 2.81. The molecule has 0 aliphatic rings. The molecule has 0 amide bonds. The van der Waals surface area contributed by atoms with Gasteiger partial charge in [-0.15, -0.1) is 12.4 Å². The van der Waals surface area contributed by atoms with Gasteiger partial charge in [0.2, 0.25) is 0 Å². The van der Waals surface area contributed by atoms with Gasteiger partial charge in [-0.3, -0.25) is 0 Å². The molecule has 6 heteroatoms. The minimum atomic E-state index is -2.56. The van der Waals surface area contributed by atoms with Crippen LogP contribution in [0.3, 0.4) is 0 Å². The molecule has 0 heterocycles. The first-order chi connectivity index (χ1) is 6.02. The van der Waals surface area contributed by atoms with Crippen molar-refractivity contribution in [3.8, 4) is 0 Å². The Morgan fingerprint density at radius 1 is 1.36 bits per heavy atom. The monoisotopic (exact) mass is 305 g/mol. The van der Waals surface area contributed by atoms with Gasteiger partial charge >= 0.3 is 0 Å². The van der Waals surface area contributed by atoms with Crippen LogP contribution in [0.4, 0.5) is 8.78 Å². The maximum Gasteiger partial charge on any atom is 0.257 e. The van der Waals surface area contributed by atoms with Crippen LogP contribution in [0.15, 0.2) is 22.7 Å². The topological polar surface area (TPSA) is 26.0 Å². The number of hydrogen-bond acceptors (Lipinski definition) is 1. The van der Waals surface area contributed by atoms with E-state index in [0.717, 1.165) is 0 Å². The normalized spacial score (nSPS) is 12.4. The van der Waals surface area contributed by atoms with Crippen LogP contribution < -0.4 is 5.73 Å². The number of hydrogen-bond donors (Lipinski definition) is 1. The summed E-state index contributed by atoms with van der Waals surface area (Å²) in [6, 6.07) is 3.26. The zero-order valence-corrected chi connectivity index (χ0v) is 10.0. The highest BCUT2D eigenvalue weighted by Gasteiger charge is 2.17. The van der Waals surface area contributed by atoms with Crippen molar-refractivity contribution in [3.05, 3.63) is 33.3 Å². The summed E-state index contributed by atoms with van der Waals surface area (Å²) in [7, 11) is 0. The summed E-state index contributed by atoms with van der Waals surface area (Å²) in [4.78, 5) is 0. The summed E-state index contributed by atoms with van der Waals surface area (Å²) in [5, 5.41) is 0.477. The van der Waals surface area contributed by atoms with Crippen molar-refractivity contribution in [1.29, 1.82) is 0 Å². The number of alkyl halides is 2. The number of halogens is 5. The van der Waals surface area contributed by atoms with Gasteiger partial charge in [0.05, 0.1) is 11.1 Å². The van der Waals surface area contributed by atoms with E-state index in [1.165, 1.54) is 18.2 Å². The summed E-state index contributed by atoms with van der Waals surface area (Å²) >= 11 is 8.82. The van der Waals surface area contributed by atoms with E-state index < -0.39 is 12.5 Å².